The number of halogens is 1. The van der Waals surface area contributed by atoms with E-state index in [2.05, 4.69) is 10.5 Å². The monoisotopic (exact) mass is 151 g/mol. The molecular weight excluding hydrogens is 141 g/mol. The third-order valence-electron chi connectivity index (χ3n) is 0.918. The highest BCUT2D eigenvalue weighted by Crippen LogP contribution is 1.97. The Bertz CT molecular complexity index is 109. The van der Waals surface area contributed by atoms with E-state index >= 15 is 0 Å². The summed E-state index contributed by atoms with van der Waals surface area (Å²) in [5.74, 6) is 0. The van der Waals surface area contributed by atoms with E-state index in [-0.39, 0.29) is 6.42 Å². The molecule has 0 fully saturated rings. The summed E-state index contributed by atoms with van der Waals surface area (Å²) < 4.78 is 15.8. The van der Waals surface area contributed by atoms with Gasteiger partial charge in [-0.05, 0) is 0 Å². The predicted molar refractivity (Wildman–Crippen MR) is 32.1 cm³/mol. The van der Waals surface area contributed by atoms with E-state index in [9.17, 15) is 9.18 Å². The Hall–Kier alpha value is -0.840. The summed E-state index contributed by atoms with van der Waals surface area (Å²) in [6.45, 7) is -1.04. The number of amides is 1. The maximum Gasteiger partial charge on any atom is 0.404 e. The zero-order valence-electron chi connectivity index (χ0n) is 5.42. The molecule has 0 radical (unpaired) electrons. The van der Waals surface area contributed by atoms with Crippen LogP contribution in [0.3, 0.4) is 0 Å². The van der Waals surface area contributed by atoms with Crippen molar-refractivity contribution in [3.8, 4) is 0 Å². The number of hydrogen-bond acceptors (Lipinski definition) is 3. The minimum absolute atomic E-state index is 0.0144. The highest BCUT2D eigenvalue weighted by Gasteiger charge is 2.09. The van der Waals surface area contributed by atoms with Crippen molar-refractivity contribution in [2.75, 3.05) is 13.3 Å². The summed E-state index contributed by atoms with van der Waals surface area (Å²) >= 11 is 0. The van der Waals surface area contributed by atoms with Crippen molar-refractivity contribution in [2.24, 2.45) is 5.73 Å². The Morgan fingerprint density at radius 1 is 1.80 bits per heavy atom. The molecular formula is C5H10FNO3. The summed E-state index contributed by atoms with van der Waals surface area (Å²) in [6, 6.07) is 0. The average molecular weight is 151 g/mol. The Morgan fingerprint density at radius 2 is 2.40 bits per heavy atom. The smallest absolute Gasteiger partial charge is 0.404 e. The number of carbonyl (C=O) groups is 1. The fourth-order valence-electron chi connectivity index (χ4n) is 0.473. The normalized spacial score (nSPS) is 12.6. The Kier molecular flexibility index (Phi) is 4.57. The second kappa shape index (κ2) is 4.99. The number of primary amides is 1. The maximum atomic E-state index is 11.5. The average Bonchev–Trinajstić information content (AvgIpc) is 1.86. The number of alkyl halides is 1. The maximum absolute atomic E-state index is 11.5. The van der Waals surface area contributed by atoms with Gasteiger partial charge >= 0.3 is 6.09 Å². The summed E-state index contributed by atoms with van der Waals surface area (Å²) in [7, 11) is 0. The molecule has 4 nitrogen and oxygen atoms in total. The molecule has 1 atom stereocenters. The highest BCUT2D eigenvalue weighted by atomic mass is 19.1. The van der Waals surface area contributed by atoms with Crippen LogP contribution in [0.25, 0.3) is 0 Å². The van der Waals surface area contributed by atoms with Crippen molar-refractivity contribution in [1.29, 1.82) is 0 Å². The standard InChI is InChI=1S/C5H10FNO3/c6-2-1-4(3-8)10-5(7)9/h4,8H,1-3H2,(H2,7,9)/t4-/m1/s1. The Labute approximate surface area is 57.8 Å². The lowest BCUT2D eigenvalue weighted by atomic mass is 10.3. The molecule has 0 unspecified atom stereocenters. The molecule has 1 amide bonds. The minimum atomic E-state index is -0.993. The van der Waals surface area contributed by atoms with Crippen LogP contribution in [0.4, 0.5) is 9.18 Å². The Balaban J connectivity index is 3.49. The van der Waals surface area contributed by atoms with Gasteiger partial charge in [-0.25, -0.2) is 4.79 Å². The quantitative estimate of drug-likeness (QED) is 0.584. The molecule has 0 aromatic heterocycles. The van der Waals surface area contributed by atoms with Gasteiger partial charge in [0.1, 0.15) is 6.10 Å². The van der Waals surface area contributed by atoms with Crippen molar-refractivity contribution in [2.45, 2.75) is 12.5 Å². The van der Waals surface area contributed by atoms with Crippen molar-refractivity contribution >= 4 is 6.09 Å². The zero-order chi connectivity index (χ0) is 7.98. The summed E-state index contributed by atoms with van der Waals surface area (Å²) in [4.78, 5) is 10.0. The van der Waals surface area contributed by atoms with Crippen LogP contribution in [0.5, 0.6) is 0 Å². The van der Waals surface area contributed by atoms with E-state index in [1.165, 1.54) is 0 Å². The molecule has 0 rings (SSSR count). The van der Waals surface area contributed by atoms with Crippen LogP contribution in [-0.4, -0.2) is 30.6 Å². The largest absolute Gasteiger partial charge is 0.444 e. The van der Waals surface area contributed by atoms with Gasteiger partial charge in [0.25, 0.3) is 0 Å². The third kappa shape index (κ3) is 4.08. The van der Waals surface area contributed by atoms with E-state index in [1.54, 1.807) is 0 Å². The van der Waals surface area contributed by atoms with E-state index < -0.39 is 25.5 Å². The van der Waals surface area contributed by atoms with Crippen molar-refractivity contribution < 1.29 is 19.0 Å². The first kappa shape index (κ1) is 9.16. The highest BCUT2D eigenvalue weighted by molar-refractivity contribution is 5.64. The second-order valence-electron chi connectivity index (χ2n) is 1.72. The summed E-state index contributed by atoms with van der Waals surface area (Å²) in [6.07, 6.45) is -1.81. The molecule has 10 heavy (non-hydrogen) atoms. The van der Waals surface area contributed by atoms with Gasteiger partial charge in [0.05, 0.1) is 13.3 Å². The fraction of sp³-hybridized carbons (Fsp3) is 0.800. The van der Waals surface area contributed by atoms with E-state index in [0.29, 0.717) is 0 Å². The first-order valence-corrected chi connectivity index (χ1v) is 2.83. The SMILES string of the molecule is NC(=O)O[C@@H](CO)CCF. The lowest BCUT2D eigenvalue weighted by Crippen LogP contribution is -2.26. The number of ether oxygens (including phenoxy) is 1. The molecule has 0 aliphatic rings. The second-order valence-corrected chi connectivity index (χ2v) is 1.72. The van der Waals surface area contributed by atoms with Gasteiger partial charge in [-0.3, -0.25) is 4.39 Å². The number of nitrogens with two attached hydrogens (primary N) is 1. The van der Waals surface area contributed by atoms with Gasteiger partial charge in [0.15, 0.2) is 0 Å². The predicted octanol–water partition coefficient (Wildman–Crippen LogP) is -0.198. The van der Waals surface area contributed by atoms with Crippen LogP contribution in [0, 0.1) is 0 Å². The zero-order valence-corrected chi connectivity index (χ0v) is 5.42. The van der Waals surface area contributed by atoms with Gasteiger partial charge in [-0.15, -0.1) is 0 Å². The van der Waals surface area contributed by atoms with Crippen LogP contribution in [0.15, 0.2) is 0 Å². The van der Waals surface area contributed by atoms with Crippen LogP contribution in [0.1, 0.15) is 6.42 Å². The molecule has 0 bridgehead atoms. The number of aliphatic hydroxyl groups is 1. The van der Waals surface area contributed by atoms with E-state index in [0.717, 1.165) is 0 Å². The van der Waals surface area contributed by atoms with E-state index in [1.807, 2.05) is 0 Å². The molecule has 0 aliphatic carbocycles. The van der Waals surface area contributed by atoms with Gasteiger partial charge < -0.3 is 15.6 Å². The lowest BCUT2D eigenvalue weighted by Gasteiger charge is -2.10. The lowest BCUT2D eigenvalue weighted by molar-refractivity contribution is 0.0547. The minimum Gasteiger partial charge on any atom is -0.444 e. The molecule has 0 aromatic rings. The first-order chi connectivity index (χ1) is 4.70. The molecule has 0 saturated heterocycles. The molecule has 0 spiro atoms. The van der Waals surface area contributed by atoms with Crippen LogP contribution < -0.4 is 5.73 Å². The van der Waals surface area contributed by atoms with Crippen molar-refractivity contribution in [1.82, 2.24) is 0 Å². The Morgan fingerprint density at radius 3 is 2.70 bits per heavy atom. The molecule has 0 heterocycles. The first-order valence-electron chi connectivity index (χ1n) is 2.83. The molecule has 0 aliphatic heterocycles. The van der Waals surface area contributed by atoms with Gasteiger partial charge in [-0.2, -0.15) is 0 Å². The van der Waals surface area contributed by atoms with Crippen LogP contribution in [-0.2, 0) is 4.74 Å². The topological polar surface area (TPSA) is 72.6 Å². The van der Waals surface area contributed by atoms with Gasteiger partial charge in [0.2, 0.25) is 0 Å². The number of carbonyl (C=O) groups excluding carboxylic acids is 1. The fourth-order valence-corrected chi connectivity index (χ4v) is 0.473. The molecule has 0 aromatic carbocycles. The van der Waals surface area contributed by atoms with Crippen molar-refractivity contribution in [3.05, 3.63) is 0 Å². The van der Waals surface area contributed by atoms with Crippen molar-refractivity contribution in [3.63, 3.8) is 0 Å². The molecule has 60 valence electrons. The van der Waals surface area contributed by atoms with Gasteiger partial charge in [0, 0.05) is 6.42 Å². The van der Waals surface area contributed by atoms with Gasteiger partial charge in [-0.1, -0.05) is 0 Å². The number of aliphatic hydroxyl groups excluding tert-OH is 1. The summed E-state index contributed by atoms with van der Waals surface area (Å²) in [5, 5.41) is 8.41. The molecule has 0 saturated carbocycles. The number of rotatable bonds is 4. The molecule has 5 heteroatoms. The van der Waals surface area contributed by atoms with Crippen LogP contribution >= 0.6 is 0 Å². The third-order valence-corrected chi connectivity index (χ3v) is 0.918. The molecule has 3 N–H and O–H groups in total. The number of hydrogen-bond donors (Lipinski definition) is 2. The van der Waals surface area contributed by atoms with Crippen LogP contribution in [0.2, 0.25) is 0 Å². The van der Waals surface area contributed by atoms with E-state index in [4.69, 9.17) is 5.11 Å². The summed E-state index contributed by atoms with van der Waals surface area (Å²) in [5.41, 5.74) is 4.60.